The number of hydrazone groups is 1. The molecule has 0 aliphatic rings. The van der Waals surface area contributed by atoms with Crippen LogP contribution in [0.1, 0.15) is 51.5 Å². The molecular formula is C24H27N3O3S. The largest absolute Gasteiger partial charge is 0.490 e. The summed E-state index contributed by atoms with van der Waals surface area (Å²) in [6.45, 7) is 10.5. The fourth-order valence-electron chi connectivity index (χ4n) is 3.04. The average molecular weight is 438 g/mol. The first-order chi connectivity index (χ1) is 14.9. The first-order valence-electron chi connectivity index (χ1n) is 10.1. The van der Waals surface area contributed by atoms with Crippen molar-refractivity contribution in [3.05, 3.63) is 69.2 Å². The predicted octanol–water partition coefficient (Wildman–Crippen LogP) is 5.69. The predicted molar refractivity (Wildman–Crippen MR) is 126 cm³/mol. The van der Waals surface area contributed by atoms with Gasteiger partial charge in [-0.25, -0.2) is 4.98 Å². The van der Waals surface area contributed by atoms with Crippen LogP contribution in [0.5, 0.6) is 11.5 Å². The summed E-state index contributed by atoms with van der Waals surface area (Å²) < 4.78 is 11.8. The Morgan fingerprint density at radius 1 is 1.13 bits per heavy atom. The van der Waals surface area contributed by atoms with E-state index in [9.17, 15) is 4.79 Å². The molecule has 0 radical (unpaired) electrons. The minimum Gasteiger partial charge on any atom is -0.490 e. The monoisotopic (exact) mass is 437 g/mol. The maximum Gasteiger partial charge on any atom is 0.204 e. The van der Waals surface area contributed by atoms with Crippen LogP contribution >= 0.6 is 11.3 Å². The second-order valence-corrected chi connectivity index (χ2v) is 8.22. The second kappa shape index (κ2) is 10.2. The van der Waals surface area contributed by atoms with Gasteiger partial charge in [-0.1, -0.05) is 35.1 Å². The SMILES string of the molecule is CCOc1cc(/C=N\Nc2nc(C)c(C(C)=O)s2)ccc1OCc1cc(C)ccc1C. The van der Waals surface area contributed by atoms with E-state index in [1.165, 1.54) is 29.4 Å². The van der Waals surface area contributed by atoms with Crippen molar-refractivity contribution in [2.45, 2.75) is 41.2 Å². The molecule has 0 spiro atoms. The Bertz CT molecular complexity index is 1110. The lowest BCUT2D eigenvalue weighted by atomic mass is 10.1. The van der Waals surface area contributed by atoms with E-state index in [2.05, 4.69) is 47.6 Å². The maximum absolute atomic E-state index is 11.6. The highest BCUT2D eigenvalue weighted by molar-refractivity contribution is 7.17. The van der Waals surface area contributed by atoms with Crippen molar-refractivity contribution < 1.29 is 14.3 Å². The van der Waals surface area contributed by atoms with Gasteiger partial charge in [0.2, 0.25) is 5.13 Å². The van der Waals surface area contributed by atoms with Gasteiger partial charge in [-0.05, 0) is 62.6 Å². The third-order valence-corrected chi connectivity index (χ3v) is 5.81. The van der Waals surface area contributed by atoms with Crippen LogP contribution in [0.2, 0.25) is 0 Å². The van der Waals surface area contributed by atoms with Crippen LogP contribution in [-0.4, -0.2) is 23.6 Å². The highest BCUT2D eigenvalue weighted by atomic mass is 32.1. The zero-order valence-corrected chi connectivity index (χ0v) is 19.3. The number of ketones is 1. The lowest BCUT2D eigenvalue weighted by Crippen LogP contribution is -2.02. The number of rotatable bonds is 9. The van der Waals surface area contributed by atoms with Crippen LogP contribution in [0.3, 0.4) is 0 Å². The summed E-state index contributed by atoms with van der Waals surface area (Å²) in [4.78, 5) is 16.5. The molecule has 0 amide bonds. The molecule has 0 atom stereocenters. The van der Waals surface area contributed by atoms with E-state index in [1.807, 2.05) is 32.0 Å². The van der Waals surface area contributed by atoms with Gasteiger partial charge in [-0.3, -0.25) is 10.2 Å². The molecule has 1 heterocycles. The van der Waals surface area contributed by atoms with Crippen molar-refractivity contribution in [3.8, 4) is 11.5 Å². The van der Waals surface area contributed by atoms with Gasteiger partial charge < -0.3 is 9.47 Å². The van der Waals surface area contributed by atoms with Crippen LogP contribution in [0, 0.1) is 20.8 Å². The molecule has 162 valence electrons. The molecule has 31 heavy (non-hydrogen) atoms. The van der Waals surface area contributed by atoms with Crippen LogP contribution in [0.15, 0.2) is 41.5 Å². The molecule has 1 N–H and O–H groups in total. The van der Waals surface area contributed by atoms with Crippen LogP contribution in [0.25, 0.3) is 0 Å². The van der Waals surface area contributed by atoms with E-state index in [-0.39, 0.29) is 5.78 Å². The van der Waals surface area contributed by atoms with E-state index in [0.29, 0.717) is 40.4 Å². The van der Waals surface area contributed by atoms with E-state index in [1.54, 1.807) is 6.21 Å². The molecule has 0 aliphatic heterocycles. The van der Waals surface area contributed by atoms with Crippen molar-refractivity contribution >= 4 is 28.5 Å². The number of aromatic nitrogens is 1. The number of carbonyl (C=O) groups is 1. The number of Topliss-reactive ketones (excluding diaryl/α,β-unsaturated/α-hetero) is 1. The van der Waals surface area contributed by atoms with E-state index in [4.69, 9.17) is 9.47 Å². The average Bonchev–Trinajstić information content (AvgIpc) is 3.10. The van der Waals surface area contributed by atoms with Gasteiger partial charge in [-0.15, -0.1) is 0 Å². The Morgan fingerprint density at radius 2 is 1.94 bits per heavy atom. The number of ether oxygens (including phenoxy) is 2. The number of aryl methyl sites for hydroxylation is 3. The van der Waals surface area contributed by atoms with Gasteiger partial charge in [0.05, 0.1) is 23.4 Å². The molecule has 0 aliphatic carbocycles. The standard InChI is InChI=1S/C24H27N3O3S/c1-6-29-22-12-19(13-25-27-24-26-17(4)23(31-24)18(5)28)9-10-21(22)30-14-20-11-15(2)7-8-16(20)3/h7-13H,6,14H2,1-5H3,(H,26,27)/b25-13-. The number of thiazole rings is 1. The lowest BCUT2D eigenvalue weighted by Gasteiger charge is -2.14. The summed E-state index contributed by atoms with van der Waals surface area (Å²) in [6.07, 6.45) is 1.68. The Labute approximate surface area is 186 Å². The first-order valence-corrected chi connectivity index (χ1v) is 10.9. The topological polar surface area (TPSA) is 72.8 Å². The highest BCUT2D eigenvalue weighted by Crippen LogP contribution is 2.29. The van der Waals surface area contributed by atoms with Crippen molar-refractivity contribution in [2.75, 3.05) is 12.0 Å². The first kappa shape index (κ1) is 22.5. The lowest BCUT2D eigenvalue weighted by molar-refractivity contribution is 0.102. The highest BCUT2D eigenvalue weighted by Gasteiger charge is 2.11. The van der Waals surface area contributed by atoms with Crippen molar-refractivity contribution in [1.82, 2.24) is 4.98 Å². The molecule has 0 fully saturated rings. The summed E-state index contributed by atoms with van der Waals surface area (Å²) in [5.41, 5.74) is 8.01. The summed E-state index contributed by atoms with van der Waals surface area (Å²) in [5.74, 6) is 1.36. The van der Waals surface area contributed by atoms with E-state index < -0.39 is 0 Å². The summed E-state index contributed by atoms with van der Waals surface area (Å²) in [5, 5.41) is 4.82. The minimum atomic E-state index is 0.00447. The smallest absolute Gasteiger partial charge is 0.204 e. The van der Waals surface area contributed by atoms with Crippen molar-refractivity contribution in [1.29, 1.82) is 0 Å². The molecule has 0 unspecified atom stereocenters. The van der Waals surface area contributed by atoms with E-state index >= 15 is 0 Å². The molecule has 6 nitrogen and oxygen atoms in total. The Balaban J connectivity index is 1.70. The number of benzene rings is 2. The van der Waals surface area contributed by atoms with Crippen LogP contribution in [-0.2, 0) is 6.61 Å². The van der Waals surface area contributed by atoms with Gasteiger partial charge in [0, 0.05) is 6.92 Å². The molecule has 3 rings (SSSR count). The third-order valence-electron chi connectivity index (χ3n) is 4.65. The Hall–Kier alpha value is -3.19. The number of nitrogens with zero attached hydrogens (tertiary/aromatic N) is 2. The van der Waals surface area contributed by atoms with E-state index in [0.717, 1.165) is 11.1 Å². The molecule has 0 saturated heterocycles. The van der Waals surface area contributed by atoms with Crippen LogP contribution < -0.4 is 14.9 Å². The molecule has 0 bridgehead atoms. The quantitative estimate of drug-likeness (QED) is 0.264. The van der Waals surface area contributed by atoms with Gasteiger partial charge in [0.1, 0.15) is 6.61 Å². The second-order valence-electron chi connectivity index (χ2n) is 7.22. The Kier molecular flexibility index (Phi) is 7.41. The summed E-state index contributed by atoms with van der Waals surface area (Å²) in [7, 11) is 0. The number of hydrogen-bond acceptors (Lipinski definition) is 7. The fourth-order valence-corrected chi connectivity index (χ4v) is 3.85. The molecule has 2 aromatic carbocycles. The molecular weight excluding hydrogens is 410 g/mol. The van der Waals surface area contributed by atoms with Gasteiger partial charge >= 0.3 is 0 Å². The zero-order chi connectivity index (χ0) is 22.4. The summed E-state index contributed by atoms with van der Waals surface area (Å²) >= 11 is 1.29. The number of carbonyl (C=O) groups excluding carboxylic acids is 1. The minimum absolute atomic E-state index is 0.00447. The molecule has 1 aromatic heterocycles. The number of anilines is 1. The maximum atomic E-state index is 11.6. The van der Waals surface area contributed by atoms with Gasteiger partial charge in [-0.2, -0.15) is 5.10 Å². The zero-order valence-electron chi connectivity index (χ0n) is 18.5. The van der Waals surface area contributed by atoms with Gasteiger partial charge in [0.15, 0.2) is 17.3 Å². The normalized spacial score (nSPS) is 11.0. The van der Waals surface area contributed by atoms with Gasteiger partial charge in [0.25, 0.3) is 0 Å². The number of hydrogen-bond donors (Lipinski definition) is 1. The van der Waals surface area contributed by atoms with Crippen molar-refractivity contribution in [3.63, 3.8) is 0 Å². The molecule has 3 aromatic rings. The Morgan fingerprint density at radius 3 is 2.65 bits per heavy atom. The number of nitrogens with one attached hydrogen (secondary N) is 1. The summed E-state index contributed by atoms with van der Waals surface area (Å²) in [6, 6.07) is 12.0. The third kappa shape index (κ3) is 5.92. The fraction of sp³-hybridized carbons (Fsp3) is 0.292. The van der Waals surface area contributed by atoms with Crippen molar-refractivity contribution in [2.24, 2.45) is 5.10 Å². The molecule has 7 heteroatoms. The molecule has 0 saturated carbocycles. The van der Waals surface area contributed by atoms with Crippen LogP contribution in [0.4, 0.5) is 5.13 Å².